The number of hydrogen-bond acceptors (Lipinski definition) is 5. The van der Waals surface area contributed by atoms with Gasteiger partial charge in [0.25, 0.3) is 10.0 Å². The van der Waals surface area contributed by atoms with Crippen molar-refractivity contribution in [2.75, 3.05) is 17.5 Å². The van der Waals surface area contributed by atoms with Crippen LogP contribution in [0.25, 0.3) is 0 Å². The van der Waals surface area contributed by atoms with Gasteiger partial charge < -0.3 is 15.0 Å². The number of sulfonamides is 1. The quantitative estimate of drug-likeness (QED) is 0.244. The number of ether oxygens (including phenoxy) is 1. The molecule has 0 spiro atoms. The van der Waals surface area contributed by atoms with E-state index in [1.54, 1.807) is 55.5 Å². The number of anilines is 1. The maximum absolute atomic E-state index is 14.1. The highest BCUT2D eigenvalue weighted by molar-refractivity contribution is 7.92. The van der Waals surface area contributed by atoms with Gasteiger partial charge in [-0.05, 0) is 86.8 Å². The van der Waals surface area contributed by atoms with E-state index in [0.29, 0.717) is 28.0 Å². The second-order valence-corrected chi connectivity index (χ2v) is 13.2. The molecular weight excluding hydrogens is 609 g/mol. The van der Waals surface area contributed by atoms with Gasteiger partial charge in [-0.3, -0.25) is 13.9 Å². The number of benzene rings is 3. The summed E-state index contributed by atoms with van der Waals surface area (Å²) in [7, 11) is -4.21. The molecule has 0 aromatic heterocycles. The van der Waals surface area contributed by atoms with Crippen LogP contribution in [0.15, 0.2) is 77.7 Å². The summed E-state index contributed by atoms with van der Waals surface area (Å²) in [4.78, 5) is 28.9. The lowest BCUT2D eigenvalue weighted by Gasteiger charge is -2.33. The van der Waals surface area contributed by atoms with E-state index in [2.05, 4.69) is 5.32 Å². The largest absolute Gasteiger partial charge is 0.494 e. The number of nitrogens with zero attached hydrogens (tertiary/aromatic N) is 2. The Morgan fingerprint density at radius 2 is 1.60 bits per heavy atom. The summed E-state index contributed by atoms with van der Waals surface area (Å²) in [6.45, 7) is 3.42. The number of carbonyl (C=O) groups excluding carboxylic acids is 2. The Morgan fingerprint density at radius 1 is 0.953 bits per heavy atom. The van der Waals surface area contributed by atoms with Gasteiger partial charge in [0.2, 0.25) is 11.8 Å². The molecule has 11 heteroatoms. The Kier molecular flexibility index (Phi) is 11.3. The summed E-state index contributed by atoms with van der Waals surface area (Å²) in [5, 5.41) is 3.92. The molecule has 2 amide bonds. The van der Waals surface area contributed by atoms with Crippen LogP contribution in [0.4, 0.5) is 5.69 Å². The molecule has 0 heterocycles. The molecule has 1 N–H and O–H groups in total. The molecule has 0 bridgehead atoms. The van der Waals surface area contributed by atoms with E-state index in [4.69, 9.17) is 27.9 Å². The molecule has 1 atom stereocenters. The predicted octanol–water partition coefficient (Wildman–Crippen LogP) is 6.45. The first-order chi connectivity index (χ1) is 20.6. The summed E-state index contributed by atoms with van der Waals surface area (Å²) in [6, 6.07) is 18.5. The fourth-order valence-electron chi connectivity index (χ4n) is 5.10. The minimum Gasteiger partial charge on any atom is -0.494 e. The lowest BCUT2D eigenvalue weighted by atomic mass is 9.95. The van der Waals surface area contributed by atoms with Gasteiger partial charge in [0.05, 0.1) is 17.2 Å². The normalized spacial score (nSPS) is 14.5. The van der Waals surface area contributed by atoms with Crippen LogP contribution in [0.2, 0.25) is 10.0 Å². The Bertz CT molecular complexity index is 1490. The molecule has 0 saturated heterocycles. The second kappa shape index (κ2) is 14.9. The molecule has 0 radical (unpaired) electrons. The van der Waals surface area contributed by atoms with E-state index < -0.39 is 28.5 Å². The highest BCUT2D eigenvalue weighted by Crippen LogP contribution is 2.28. The molecule has 4 rings (SSSR count). The number of hydrogen-bond donors (Lipinski definition) is 1. The maximum Gasteiger partial charge on any atom is 0.264 e. The molecule has 230 valence electrons. The van der Waals surface area contributed by atoms with Crippen molar-refractivity contribution in [1.29, 1.82) is 0 Å². The zero-order chi connectivity index (χ0) is 31.0. The van der Waals surface area contributed by atoms with Crippen molar-refractivity contribution in [3.05, 3.63) is 88.4 Å². The van der Waals surface area contributed by atoms with Gasteiger partial charge in [0, 0.05) is 22.6 Å². The first-order valence-corrected chi connectivity index (χ1v) is 16.6. The zero-order valence-electron chi connectivity index (χ0n) is 24.3. The smallest absolute Gasteiger partial charge is 0.264 e. The third-order valence-corrected chi connectivity index (χ3v) is 9.94. The van der Waals surface area contributed by atoms with Crippen LogP contribution in [0.3, 0.4) is 0 Å². The van der Waals surface area contributed by atoms with E-state index in [1.807, 2.05) is 6.92 Å². The minimum atomic E-state index is -4.21. The lowest BCUT2D eigenvalue weighted by Crippen LogP contribution is -2.53. The average molecular weight is 647 g/mol. The molecular formula is C32H37Cl2N3O5S. The molecule has 3 aromatic carbocycles. The molecule has 1 fully saturated rings. The second-order valence-electron chi connectivity index (χ2n) is 10.5. The van der Waals surface area contributed by atoms with Crippen LogP contribution in [-0.4, -0.2) is 50.4 Å². The first kappa shape index (κ1) is 32.6. The third kappa shape index (κ3) is 8.43. The van der Waals surface area contributed by atoms with Crippen LogP contribution in [0.1, 0.15) is 51.5 Å². The van der Waals surface area contributed by atoms with E-state index in [9.17, 15) is 18.0 Å². The zero-order valence-corrected chi connectivity index (χ0v) is 26.7. The van der Waals surface area contributed by atoms with Gasteiger partial charge in [-0.2, -0.15) is 0 Å². The van der Waals surface area contributed by atoms with Gasteiger partial charge in [-0.25, -0.2) is 8.42 Å². The van der Waals surface area contributed by atoms with Crippen molar-refractivity contribution < 1.29 is 22.7 Å². The topological polar surface area (TPSA) is 96.0 Å². The number of amides is 2. The SMILES string of the molecule is CCOc1ccc(N(CC(=O)N(Cc2ccccc2Cl)C(C)C(=O)NC2CCCCC2)S(=O)(=O)c2ccc(Cl)cc2)cc1. The highest BCUT2D eigenvalue weighted by Gasteiger charge is 2.33. The molecule has 43 heavy (non-hydrogen) atoms. The maximum atomic E-state index is 14.1. The summed E-state index contributed by atoms with van der Waals surface area (Å²) in [5.74, 6) is -0.284. The van der Waals surface area contributed by atoms with Crippen molar-refractivity contribution in [3.63, 3.8) is 0 Å². The molecule has 0 aliphatic heterocycles. The monoisotopic (exact) mass is 645 g/mol. The molecule has 3 aromatic rings. The number of halogens is 2. The first-order valence-electron chi connectivity index (χ1n) is 14.4. The summed E-state index contributed by atoms with van der Waals surface area (Å²) in [5.41, 5.74) is 0.909. The highest BCUT2D eigenvalue weighted by atomic mass is 35.5. The summed E-state index contributed by atoms with van der Waals surface area (Å²) < 4.78 is 34.5. The van der Waals surface area contributed by atoms with Gasteiger partial charge in [-0.1, -0.05) is 60.7 Å². The Morgan fingerprint density at radius 3 is 2.23 bits per heavy atom. The van der Waals surface area contributed by atoms with Crippen molar-refractivity contribution in [2.24, 2.45) is 0 Å². The van der Waals surface area contributed by atoms with E-state index >= 15 is 0 Å². The van der Waals surface area contributed by atoms with Gasteiger partial charge in [-0.15, -0.1) is 0 Å². The van der Waals surface area contributed by atoms with E-state index in [-0.39, 0.29) is 29.1 Å². The number of nitrogens with one attached hydrogen (secondary N) is 1. The van der Waals surface area contributed by atoms with Crippen LogP contribution in [0.5, 0.6) is 5.75 Å². The van der Waals surface area contributed by atoms with Crippen molar-refractivity contribution >= 4 is 50.7 Å². The molecule has 8 nitrogen and oxygen atoms in total. The van der Waals surface area contributed by atoms with Crippen LogP contribution < -0.4 is 14.4 Å². The Hall–Kier alpha value is -3.27. The standard InChI is InChI=1S/C32H37Cl2N3O5S/c1-3-42-28-17-15-27(16-18-28)37(43(40,41)29-19-13-25(33)14-20-29)22-31(38)36(21-24-9-7-8-12-30(24)34)23(2)32(39)35-26-10-5-4-6-11-26/h7-9,12-20,23,26H,3-6,10-11,21-22H2,1-2H3,(H,35,39). The molecule has 1 aliphatic carbocycles. The Labute approximate surface area is 264 Å². The van der Waals surface area contributed by atoms with Gasteiger partial charge in [0.15, 0.2) is 0 Å². The molecule has 1 saturated carbocycles. The van der Waals surface area contributed by atoms with Crippen LogP contribution >= 0.6 is 23.2 Å². The number of rotatable bonds is 12. The van der Waals surface area contributed by atoms with Crippen molar-refractivity contribution in [2.45, 2.75) is 69.5 Å². The van der Waals surface area contributed by atoms with Gasteiger partial charge in [0.1, 0.15) is 18.3 Å². The third-order valence-electron chi connectivity index (χ3n) is 7.53. The van der Waals surface area contributed by atoms with Crippen LogP contribution in [-0.2, 0) is 26.2 Å². The van der Waals surface area contributed by atoms with Crippen molar-refractivity contribution in [1.82, 2.24) is 10.2 Å². The average Bonchev–Trinajstić information content (AvgIpc) is 3.00. The predicted molar refractivity (Wildman–Crippen MR) is 170 cm³/mol. The molecule has 1 aliphatic rings. The number of carbonyl (C=O) groups is 2. The fraction of sp³-hybridized carbons (Fsp3) is 0.375. The van der Waals surface area contributed by atoms with E-state index in [1.165, 1.54) is 29.2 Å². The fourth-order valence-corrected chi connectivity index (χ4v) is 6.83. The summed E-state index contributed by atoms with van der Waals surface area (Å²) in [6.07, 6.45) is 5.01. The summed E-state index contributed by atoms with van der Waals surface area (Å²) >= 11 is 12.5. The lowest BCUT2D eigenvalue weighted by molar-refractivity contribution is -0.139. The van der Waals surface area contributed by atoms with Gasteiger partial charge >= 0.3 is 0 Å². The minimum absolute atomic E-state index is 0.0237. The van der Waals surface area contributed by atoms with Crippen molar-refractivity contribution in [3.8, 4) is 5.75 Å². The van der Waals surface area contributed by atoms with E-state index in [0.717, 1.165) is 36.4 Å². The van der Waals surface area contributed by atoms with Crippen LogP contribution in [0, 0.1) is 0 Å². The molecule has 1 unspecified atom stereocenters. The Balaban J connectivity index is 1.68.